The fourth-order valence-electron chi connectivity index (χ4n) is 1.82. The summed E-state index contributed by atoms with van der Waals surface area (Å²) in [5, 5.41) is 0. The molecule has 0 spiro atoms. The highest BCUT2D eigenvalue weighted by molar-refractivity contribution is 6.52. The van der Waals surface area contributed by atoms with Gasteiger partial charge in [0.2, 0.25) is 5.91 Å². The van der Waals surface area contributed by atoms with Crippen LogP contribution in [0.25, 0.3) is 0 Å². The van der Waals surface area contributed by atoms with Crippen LogP contribution < -0.4 is 10.6 Å². The number of benzene rings is 1. The maximum absolute atomic E-state index is 13.0. The predicted molar refractivity (Wildman–Crippen MR) is 61.4 cm³/mol. The highest BCUT2D eigenvalue weighted by Crippen LogP contribution is 2.29. The quantitative estimate of drug-likeness (QED) is 0.792. The fraction of sp³-hybridized carbons (Fsp3) is 0.250. The summed E-state index contributed by atoms with van der Waals surface area (Å²) >= 11 is 0. The second-order valence-electron chi connectivity index (χ2n) is 4.21. The predicted octanol–water partition coefficient (Wildman–Crippen LogP) is 0.476. The average Bonchev–Trinajstić information content (AvgIpc) is 2.54. The molecule has 0 saturated carbocycles. The molecular formula is C12H11FN2O3. The first kappa shape index (κ1) is 12.2. The van der Waals surface area contributed by atoms with Gasteiger partial charge in [-0.15, -0.1) is 0 Å². The lowest BCUT2D eigenvalue weighted by atomic mass is 10.1. The van der Waals surface area contributed by atoms with Gasteiger partial charge in [-0.25, -0.2) is 4.39 Å². The Morgan fingerprint density at radius 3 is 2.72 bits per heavy atom. The first-order valence-electron chi connectivity index (χ1n) is 5.37. The molecule has 1 heterocycles. The van der Waals surface area contributed by atoms with Gasteiger partial charge in [-0.2, -0.15) is 0 Å². The third-order valence-corrected chi connectivity index (χ3v) is 2.88. The molecule has 1 unspecified atom stereocenters. The molecule has 6 heteroatoms. The molecule has 2 rings (SSSR count). The lowest BCUT2D eigenvalue weighted by Gasteiger charge is -2.19. The molecule has 0 saturated heterocycles. The summed E-state index contributed by atoms with van der Waals surface area (Å²) in [5.41, 5.74) is 5.46. The number of amides is 2. The minimum Gasteiger partial charge on any atom is -0.369 e. The molecular weight excluding hydrogens is 239 g/mol. The van der Waals surface area contributed by atoms with E-state index >= 15 is 0 Å². The van der Waals surface area contributed by atoms with Crippen LogP contribution in [0.2, 0.25) is 0 Å². The van der Waals surface area contributed by atoms with E-state index in [0.29, 0.717) is 5.69 Å². The molecule has 1 aliphatic rings. The second-order valence-corrected chi connectivity index (χ2v) is 4.21. The van der Waals surface area contributed by atoms with Crippen LogP contribution in [0.5, 0.6) is 0 Å². The van der Waals surface area contributed by atoms with Gasteiger partial charge in [0.05, 0.1) is 17.2 Å². The molecule has 2 N–H and O–H groups in total. The number of Topliss-reactive ketones (excluding diaryl/α,β-unsaturated/α-hetero) is 1. The zero-order valence-corrected chi connectivity index (χ0v) is 9.64. The number of anilines is 1. The fourth-order valence-corrected chi connectivity index (χ4v) is 1.82. The minimum absolute atomic E-state index is 0.0124. The van der Waals surface area contributed by atoms with Crippen LogP contribution in [-0.4, -0.2) is 24.1 Å². The molecule has 2 amide bonds. The van der Waals surface area contributed by atoms with Crippen LogP contribution >= 0.6 is 0 Å². The van der Waals surface area contributed by atoms with E-state index < -0.39 is 29.3 Å². The Labute approximate surface area is 102 Å². The van der Waals surface area contributed by atoms with E-state index in [1.807, 2.05) is 0 Å². The number of carbonyl (C=O) groups is 3. The number of rotatable bonds is 3. The highest BCUT2D eigenvalue weighted by Gasteiger charge is 2.37. The lowest BCUT2D eigenvalue weighted by molar-refractivity contribution is -0.121. The summed E-state index contributed by atoms with van der Waals surface area (Å²) in [5.74, 6) is -3.26. The third kappa shape index (κ3) is 1.85. The topological polar surface area (TPSA) is 80.5 Å². The van der Waals surface area contributed by atoms with Crippen molar-refractivity contribution in [1.82, 2.24) is 0 Å². The number of hydrogen-bond donors (Lipinski definition) is 1. The SMILES string of the molecule is CC(CN1C(=O)C(=O)c2cc(F)ccc21)C(N)=O. The van der Waals surface area contributed by atoms with Crippen molar-refractivity contribution in [1.29, 1.82) is 0 Å². The zero-order chi connectivity index (χ0) is 13.4. The van der Waals surface area contributed by atoms with E-state index in [0.717, 1.165) is 17.0 Å². The summed E-state index contributed by atoms with van der Waals surface area (Å²) in [6.07, 6.45) is 0. The smallest absolute Gasteiger partial charge is 0.299 e. The second kappa shape index (κ2) is 4.21. The summed E-state index contributed by atoms with van der Waals surface area (Å²) in [6, 6.07) is 3.53. The highest BCUT2D eigenvalue weighted by atomic mass is 19.1. The standard InChI is InChI=1S/C12H11FN2O3/c1-6(11(14)17)5-15-9-3-2-7(13)4-8(9)10(16)12(15)18/h2-4,6H,5H2,1H3,(H2,14,17). The van der Waals surface area contributed by atoms with Gasteiger partial charge >= 0.3 is 0 Å². The number of carbonyl (C=O) groups excluding carboxylic acids is 3. The van der Waals surface area contributed by atoms with E-state index in [2.05, 4.69) is 0 Å². The van der Waals surface area contributed by atoms with Gasteiger partial charge in [-0.05, 0) is 18.2 Å². The van der Waals surface area contributed by atoms with Crippen molar-refractivity contribution in [3.8, 4) is 0 Å². The maximum atomic E-state index is 13.0. The first-order chi connectivity index (χ1) is 8.41. The van der Waals surface area contributed by atoms with E-state index in [4.69, 9.17) is 5.73 Å². The molecule has 1 aliphatic heterocycles. The molecule has 0 fully saturated rings. The molecule has 0 aromatic heterocycles. The minimum atomic E-state index is -0.763. The number of nitrogens with two attached hydrogens (primary N) is 1. The van der Waals surface area contributed by atoms with Gasteiger partial charge in [-0.1, -0.05) is 6.92 Å². The Balaban J connectivity index is 2.37. The lowest BCUT2D eigenvalue weighted by Crippen LogP contribution is -2.38. The van der Waals surface area contributed by atoms with Crippen LogP contribution in [0, 0.1) is 11.7 Å². The Hall–Kier alpha value is -2.24. The summed E-state index contributed by atoms with van der Waals surface area (Å²) in [4.78, 5) is 35.5. The van der Waals surface area contributed by atoms with Crippen molar-refractivity contribution in [2.75, 3.05) is 11.4 Å². The molecule has 1 aromatic carbocycles. The number of nitrogens with zero attached hydrogens (tertiary/aromatic N) is 1. The van der Waals surface area contributed by atoms with Gasteiger partial charge in [-0.3, -0.25) is 14.4 Å². The first-order valence-corrected chi connectivity index (χ1v) is 5.37. The van der Waals surface area contributed by atoms with E-state index in [1.54, 1.807) is 6.92 Å². The van der Waals surface area contributed by atoms with Gasteiger partial charge in [0.25, 0.3) is 11.7 Å². The van der Waals surface area contributed by atoms with Crippen molar-refractivity contribution >= 4 is 23.3 Å². The van der Waals surface area contributed by atoms with Gasteiger partial charge in [0.15, 0.2) is 0 Å². The number of primary amides is 1. The third-order valence-electron chi connectivity index (χ3n) is 2.88. The average molecular weight is 250 g/mol. The van der Waals surface area contributed by atoms with Crippen molar-refractivity contribution in [3.05, 3.63) is 29.6 Å². The molecule has 0 radical (unpaired) electrons. The monoisotopic (exact) mass is 250 g/mol. The molecule has 0 bridgehead atoms. The largest absolute Gasteiger partial charge is 0.369 e. The molecule has 5 nitrogen and oxygen atoms in total. The zero-order valence-electron chi connectivity index (χ0n) is 9.64. The van der Waals surface area contributed by atoms with Crippen molar-refractivity contribution in [3.63, 3.8) is 0 Å². The van der Waals surface area contributed by atoms with Crippen molar-refractivity contribution in [2.24, 2.45) is 11.7 Å². The maximum Gasteiger partial charge on any atom is 0.299 e. The summed E-state index contributed by atoms with van der Waals surface area (Å²) < 4.78 is 13.0. The van der Waals surface area contributed by atoms with E-state index in [9.17, 15) is 18.8 Å². The van der Waals surface area contributed by atoms with Crippen LogP contribution in [0.1, 0.15) is 17.3 Å². The Morgan fingerprint density at radius 2 is 2.11 bits per heavy atom. The van der Waals surface area contributed by atoms with Crippen LogP contribution in [0.15, 0.2) is 18.2 Å². The van der Waals surface area contributed by atoms with Crippen LogP contribution in [0.3, 0.4) is 0 Å². The molecule has 94 valence electrons. The van der Waals surface area contributed by atoms with Gasteiger partial charge in [0.1, 0.15) is 5.82 Å². The van der Waals surface area contributed by atoms with Crippen LogP contribution in [0.4, 0.5) is 10.1 Å². The molecule has 18 heavy (non-hydrogen) atoms. The van der Waals surface area contributed by atoms with Crippen molar-refractivity contribution < 1.29 is 18.8 Å². The Morgan fingerprint density at radius 1 is 1.44 bits per heavy atom. The van der Waals surface area contributed by atoms with E-state index in [1.165, 1.54) is 6.07 Å². The number of halogens is 1. The number of hydrogen-bond acceptors (Lipinski definition) is 3. The van der Waals surface area contributed by atoms with Crippen LogP contribution in [-0.2, 0) is 9.59 Å². The number of fused-ring (bicyclic) bond motifs is 1. The number of ketones is 1. The van der Waals surface area contributed by atoms with Gasteiger partial charge in [0, 0.05) is 6.54 Å². The summed E-state index contributed by atoms with van der Waals surface area (Å²) in [7, 11) is 0. The molecule has 1 atom stereocenters. The Bertz CT molecular complexity index is 556. The molecule has 0 aliphatic carbocycles. The normalized spacial score (nSPS) is 15.8. The Kier molecular flexibility index (Phi) is 2.86. The molecule has 1 aromatic rings. The van der Waals surface area contributed by atoms with Gasteiger partial charge < -0.3 is 10.6 Å². The van der Waals surface area contributed by atoms with E-state index in [-0.39, 0.29) is 12.1 Å². The van der Waals surface area contributed by atoms with Crippen molar-refractivity contribution in [2.45, 2.75) is 6.92 Å². The summed E-state index contributed by atoms with van der Waals surface area (Å²) in [6.45, 7) is 1.57.